The summed E-state index contributed by atoms with van der Waals surface area (Å²) in [5, 5.41) is 8.69. The molecule has 0 unspecified atom stereocenters. The maximum atomic E-state index is 5.96. The number of anilines is 2. The Kier molecular flexibility index (Phi) is 2.64. The molecule has 0 saturated heterocycles. The van der Waals surface area contributed by atoms with Crippen LogP contribution in [0.3, 0.4) is 0 Å². The smallest absolute Gasteiger partial charge is 0.229 e. The topological polar surface area (TPSA) is 71.4 Å². The maximum Gasteiger partial charge on any atom is 0.229 e. The molecule has 3 aromatic rings. The van der Waals surface area contributed by atoms with Gasteiger partial charge in [0.15, 0.2) is 0 Å². The number of aromatic nitrogens is 5. The predicted molar refractivity (Wildman–Crippen MR) is 70.1 cm³/mol. The fraction of sp³-hybridized carbons (Fsp3) is 0.182. The Labute approximate surface area is 108 Å². The van der Waals surface area contributed by atoms with Crippen molar-refractivity contribution in [1.82, 2.24) is 24.7 Å². The van der Waals surface area contributed by atoms with E-state index in [-0.39, 0.29) is 0 Å². The van der Waals surface area contributed by atoms with Gasteiger partial charge in [0.05, 0.1) is 22.3 Å². The molecule has 0 aliphatic rings. The molecular formula is C11H11ClN6. The highest BCUT2D eigenvalue weighted by Gasteiger charge is 2.06. The summed E-state index contributed by atoms with van der Waals surface area (Å²) < 4.78 is 1.83. The van der Waals surface area contributed by atoms with E-state index < -0.39 is 0 Å². The van der Waals surface area contributed by atoms with Crippen molar-refractivity contribution in [3.63, 3.8) is 0 Å². The molecule has 0 spiro atoms. The molecule has 3 aromatic heterocycles. The third-order valence-electron chi connectivity index (χ3n) is 2.60. The number of nitrogens with zero attached hydrogens (tertiary/aromatic N) is 4. The van der Waals surface area contributed by atoms with Crippen LogP contribution in [0.25, 0.3) is 11.0 Å². The van der Waals surface area contributed by atoms with E-state index >= 15 is 0 Å². The highest BCUT2D eigenvalue weighted by Crippen LogP contribution is 2.22. The van der Waals surface area contributed by atoms with E-state index in [1.165, 1.54) is 0 Å². The van der Waals surface area contributed by atoms with Gasteiger partial charge >= 0.3 is 0 Å². The largest absolute Gasteiger partial charge is 0.344 e. The minimum Gasteiger partial charge on any atom is -0.344 e. The monoisotopic (exact) mass is 262 g/mol. The second-order valence-corrected chi connectivity index (χ2v) is 4.21. The number of hydrogen-bond donors (Lipinski definition) is 2. The van der Waals surface area contributed by atoms with Gasteiger partial charge in [0.2, 0.25) is 5.95 Å². The van der Waals surface area contributed by atoms with E-state index in [9.17, 15) is 0 Å². The first kappa shape index (κ1) is 11.0. The average Bonchev–Trinajstić information content (AvgIpc) is 2.97. The molecule has 0 bridgehead atoms. The molecule has 0 aliphatic heterocycles. The van der Waals surface area contributed by atoms with E-state index in [4.69, 9.17) is 11.6 Å². The van der Waals surface area contributed by atoms with Crippen molar-refractivity contribution in [2.24, 2.45) is 0 Å². The van der Waals surface area contributed by atoms with Crippen LogP contribution in [0.1, 0.15) is 6.92 Å². The SMILES string of the molecule is CCn1cc(Nc2ncc3c(Cl)c[nH]c3n2)cn1. The molecule has 3 rings (SSSR count). The first-order valence-corrected chi connectivity index (χ1v) is 5.93. The summed E-state index contributed by atoms with van der Waals surface area (Å²) in [6, 6.07) is 0. The third-order valence-corrected chi connectivity index (χ3v) is 2.91. The average molecular weight is 263 g/mol. The number of aryl methyl sites for hydroxylation is 1. The normalized spacial score (nSPS) is 11.0. The molecule has 0 aromatic carbocycles. The lowest BCUT2D eigenvalue weighted by Crippen LogP contribution is -1.96. The Morgan fingerprint density at radius 2 is 2.33 bits per heavy atom. The second-order valence-electron chi connectivity index (χ2n) is 3.80. The van der Waals surface area contributed by atoms with E-state index in [1.807, 2.05) is 17.8 Å². The van der Waals surface area contributed by atoms with Gasteiger partial charge in [-0.05, 0) is 6.92 Å². The fourth-order valence-corrected chi connectivity index (χ4v) is 1.86. The van der Waals surface area contributed by atoms with Crippen molar-refractivity contribution in [3.8, 4) is 0 Å². The summed E-state index contributed by atoms with van der Waals surface area (Å²) in [5.41, 5.74) is 1.56. The van der Waals surface area contributed by atoms with Gasteiger partial charge in [-0.25, -0.2) is 4.98 Å². The van der Waals surface area contributed by atoms with Crippen LogP contribution < -0.4 is 5.32 Å². The lowest BCUT2D eigenvalue weighted by atomic mass is 10.4. The Bertz CT molecular complexity index is 686. The maximum absolute atomic E-state index is 5.96. The number of nitrogens with one attached hydrogen (secondary N) is 2. The standard InChI is InChI=1S/C11H11ClN6/c1-2-18-6-7(3-15-18)16-11-14-4-8-9(12)5-13-10(8)17-11/h3-6H,2H2,1H3,(H2,13,14,16,17). The van der Waals surface area contributed by atoms with Gasteiger partial charge in [-0.2, -0.15) is 10.1 Å². The number of fused-ring (bicyclic) bond motifs is 1. The molecule has 0 saturated carbocycles. The van der Waals surface area contributed by atoms with Crippen molar-refractivity contribution in [2.45, 2.75) is 13.5 Å². The zero-order chi connectivity index (χ0) is 12.5. The minimum atomic E-state index is 0.511. The molecular weight excluding hydrogens is 252 g/mol. The first-order valence-electron chi connectivity index (χ1n) is 5.55. The zero-order valence-electron chi connectivity index (χ0n) is 9.68. The van der Waals surface area contributed by atoms with Gasteiger partial charge in [0.25, 0.3) is 0 Å². The number of halogens is 1. The molecule has 0 atom stereocenters. The van der Waals surface area contributed by atoms with Crippen molar-refractivity contribution in [3.05, 3.63) is 29.8 Å². The zero-order valence-corrected chi connectivity index (χ0v) is 10.4. The lowest BCUT2D eigenvalue weighted by molar-refractivity contribution is 0.660. The summed E-state index contributed by atoms with van der Waals surface area (Å²) in [4.78, 5) is 11.5. The van der Waals surface area contributed by atoms with Crippen LogP contribution in [0.4, 0.5) is 11.6 Å². The Hall–Kier alpha value is -2.08. The number of aromatic amines is 1. The van der Waals surface area contributed by atoms with Gasteiger partial charge in [-0.15, -0.1) is 0 Å². The fourth-order valence-electron chi connectivity index (χ4n) is 1.67. The molecule has 7 heteroatoms. The van der Waals surface area contributed by atoms with Crippen LogP contribution in [0.5, 0.6) is 0 Å². The number of rotatable bonds is 3. The van der Waals surface area contributed by atoms with Crippen LogP contribution >= 0.6 is 11.6 Å². The van der Waals surface area contributed by atoms with Gasteiger partial charge in [0, 0.05) is 25.1 Å². The molecule has 0 fully saturated rings. The molecule has 0 radical (unpaired) electrons. The third kappa shape index (κ3) is 1.91. The van der Waals surface area contributed by atoms with E-state index in [2.05, 4.69) is 25.4 Å². The molecule has 2 N–H and O–H groups in total. The highest BCUT2D eigenvalue weighted by molar-refractivity contribution is 6.35. The van der Waals surface area contributed by atoms with Crippen LogP contribution in [0.2, 0.25) is 5.02 Å². The lowest BCUT2D eigenvalue weighted by Gasteiger charge is -2.00. The Morgan fingerprint density at radius 1 is 1.44 bits per heavy atom. The van der Waals surface area contributed by atoms with Crippen LogP contribution in [0.15, 0.2) is 24.8 Å². The quantitative estimate of drug-likeness (QED) is 0.761. The molecule has 0 aliphatic carbocycles. The highest BCUT2D eigenvalue weighted by atomic mass is 35.5. The van der Waals surface area contributed by atoms with Gasteiger partial charge in [-0.1, -0.05) is 11.6 Å². The van der Waals surface area contributed by atoms with Crippen LogP contribution in [-0.4, -0.2) is 24.7 Å². The number of hydrogen-bond acceptors (Lipinski definition) is 4. The predicted octanol–water partition coefficient (Wildman–Crippen LogP) is 2.57. The summed E-state index contributed by atoms with van der Waals surface area (Å²) in [5.74, 6) is 0.511. The Morgan fingerprint density at radius 3 is 3.11 bits per heavy atom. The molecule has 3 heterocycles. The summed E-state index contributed by atoms with van der Waals surface area (Å²) in [7, 11) is 0. The van der Waals surface area contributed by atoms with E-state index in [1.54, 1.807) is 18.6 Å². The second kappa shape index (κ2) is 4.30. The van der Waals surface area contributed by atoms with Crippen LogP contribution in [0, 0.1) is 0 Å². The van der Waals surface area contributed by atoms with Gasteiger partial charge in [0.1, 0.15) is 5.65 Å². The van der Waals surface area contributed by atoms with Crippen LogP contribution in [-0.2, 0) is 6.54 Å². The van der Waals surface area contributed by atoms with Gasteiger partial charge < -0.3 is 10.3 Å². The number of H-pyrrole nitrogens is 1. The summed E-state index contributed by atoms with van der Waals surface area (Å²) in [6.45, 7) is 2.86. The summed E-state index contributed by atoms with van der Waals surface area (Å²) >= 11 is 5.96. The first-order chi connectivity index (χ1) is 8.76. The van der Waals surface area contributed by atoms with Crippen molar-refractivity contribution < 1.29 is 0 Å². The molecule has 18 heavy (non-hydrogen) atoms. The van der Waals surface area contributed by atoms with E-state index in [0.29, 0.717) is 16.6 Å². The minimum absolute atomic E-state index is 0.511. The van der Waals surface area contributed by atoms with E-state index in [0.717, 1.165) is 17.6 Å². The molecule has 92 valence electrons. The molecule has 0 amide bonds. The van der Waals surface area contributed by atoms with Gasteiger partial charge in [-0.3, -0.25) is 4.68 Å². The van der Waals surface area contributed by atoms with Crippen molar-refractivity contribution in [2.75, 3.05) is 5.32 Å². The van der Waals surface area contributed by atoms with Crippen molar-refractivity contribution >= 4 is 34.3 Å². The van der Waals surface area contributed by atoms with Crippen molar-refractivity contribution in [1.29, 1.82) is 0 Å². The molecule has 6 nitrogen and oxygen atoms in total. The summed E-state index contributed by atoms with van der Waals surface area (Å²) in [6.07, 6.45) is 7.02. The Balaban J connectivity index is 1.90.